The van der Waals surface area contributed by atoms with Crippen molar-refractivity contribution in [1.82, 2.24) is 0 Å². The predicted molar refractivity (Wildman–Crippen MR) is 295 cm³/mol. The lowest BCUT2D eigenvalue weighted by molar-refractivity contribution is 1.50. The maximum absolute atomic E-state index is 2.22. The van der Waals surface area contributed by atoms with E-state index in [1.807, 2.05) is 83.1 Å². The van der Waals surface area contributed by atoms with Crippen LogP contribution in [0.5, 0.6) is 0 Å². The van der Waals surface area contributed by atoms with E-state index in [-0.39, 0.29) is 29.7 Å². The van der Waals surface area contributed by atoms with E-state index in [1.165, 1.54) is 65.3 Å². The molecular formula is C62H86. The smallest absolute Gasteiger partial charge is 0.00264 e. The molecule has 0 nitrogen and oxygen atoms in total. The van der Waals surface area contributed by atoms with Crippen LogP contribution in [-0.4, -0.2) is 0 Å². The highest BCUT2D eigenvalue weighted by Gasteiger charge is 2.19. The van der Waals surface area contributed by atoms with Gasteiger partial charge in [0.15, 0.2) is 0 Å². The van der Waals surface area contributed by atoms with Crippen molar-refractivity contribution < 1.29 is 0 Å². The third kappa shape index (κ3) is 18.3. The Kier molecular flexibility index (Phi) is 39.6. The minimum Gasteiger partial charge on any atom is -0.0776 e. The van der Waals surface area contributed by atoms with Crippen molar-refractivity contribution in [3.63, 3.8) is 0 Å². The third-order valence-corrected chi connectivity index (χ3v) is 8.39. The van der Waals surface area contributed by atoms with E-state index >= 15 is 0 Å². The van der Waals surface area contributed by atoms with Crippen LogP contribution in [0.2, 0.25) is 0 Å². The summed E-state index contributed by atoms with van der Waals surface area (Å²) in [6.07, 6.45) is 0. The second-order valence-corrected chi connectivity index (χ2v) is 11.3. The van der Waals surface area contributed by atoms with E-state index < -0.39 is 0 Å². The van der Waals surface area contributed by atoms with Crippen molar-refractivity contribution >= 4 is 43.1 Å². The summed E-state index contributed by atoms with van der Waals surface area (Å²) in [6, 6.07) is 71.9. The molecular weight excluding hydrogens is 745 g/mol. The van der Waals surface area contributed by atoms with Crippen LogP contribution in [0.15, 0.2) is 206 Å². The summed E-state index contributed by atoms with van der Waals surface area (Å²) in [5.41, 5.74) is 5.50. The molecule has 10 rings (SSSR count). The second kappa shape index (κ2) is 39.2. The minimum atomic E-state index is 0. The molecule has 0 N–H and O–H groups in total. The minimum absolute atomic E-state index is 0. The Morgan fingerprint density at radius 1 is 0.161 bits per heavy atom. The molecule has 0 unspecified atom stereocenters. The van der Waals surface area contributed by atoms with Crippen LogP contribution >= 0.6 is 0 Å². The third-order valence-electron chi connectivity index (χ3n) is 8.39. The monoisotopic (exact) mass is 831 g/mol. The summed E-state index contributed by atoms with van der Waals surface area (Å²) in [5, 5.41) is 10.6. The van der Waals surface area contributed by atoms with Gasteiger partial charge in [-0.05, 0) is 65.3 Å². The lowest BCUT2D eigenvalue weighted by Gasteiger charge is -2.00. The lowest BCUT2D eigenvalue weighted by atomic mass is 10.0. The predicted octanol–water partition coefficient (Wildman–Crippen LogP) is 21.7. The molecule has 0 amide bonds. The second-order valence-electron chi connectivity index (χ2n) is 11.3. The van der Waals surface area contributed by atoms with Gasteiger partial charge in [-0.2, -0.15) is 0 Å². The molecule has 62 heavy (non-hydrogen) atoms. The Labute approximate surface area is 382 Å². The molecule has 9 aromatic carbocycles. The largest absolute Gasteiger partial charge is 0.0776 e. The standard InChI is InChI=1S/C16H10.3C10H8.6C2H6.4CH4/c1-2-8-13-12(7-1)14-9-3-5-11-6-4-10-15(13)16(11)14;3*1-2-6-10-8-4-3-7-9(10)5-1;6*1-2;;;;/h1-10H;3*1-8H;6*1-2H3;4*1H4. The van der Waals surface area contributed by atoms with Crippen LogP contribution in [0.1, 0.15) is 113 Å². The quantitative estimate of drug-likeness (QED) is 0.143. The number of rotatable bonds is 0. The molecule has 0 heterocycles. The van der Waals surface area contributed by atoms with E-state index in [1.54, 1.807) is 0 Å². The van der Waals surface area contributed by atoms with Crippen LogP contribution in [0.4, 0.5) is 0 Å². The average Bonchev–Trinajstić information content (AvgIpc) is 3.68. The van der Waals surface area contributed by atoms with Gasteiger partial charge in [0, 0.05) is 0 Å². The fraction of sp³-hybridized carbons (Fsp3) is 0.258. The van der Waals surface area contributed by atoms with Crippen LogP contribution in [0.3, 0.4) is 0 Å². The number of benzene rings is 9. The van der Waals surface area contributed by atoms with Crippen molar-refractivity contribution in [2.24, 2.45) is 0 Å². The molecule has 0 atom stereocenters. The fourth-order valence-corrected chi connectivity index (χ4v) is 6.14. The van der Waals surface area contributed by atoms with Gasteiger partial charge in [-0.25, -0.2) is 0 Å². The zero-order valence-corrected chi connectivity index (χ0v) is 37.6. The first-order valence-electron chi connectivity index (χ1n) is 21.8. The van der Waals surface area contributed by atoms with Crippen LogP contribution in [0, 0.1) is 0 Å². The molecule has 0 aliphatic heterocycles. The molecule has 1 aliphatic rings. The van der Waals surface area contributed by atoms with Gasteiger partial charge in [0.05, 0.1) is 0 Å². The fourth-order valence-electron chi connectivity index (χ4n) is 6.14. The van der Waals surface area contributed by atoms with Crippen molar-refractivity contribution in [2.75, 3.05) is 0 Å². The van der Waals surface area contributed by atoms with E-state index in [0.717, 1.165) is 0 Å². The van der Waals surface area contributed by atoms with Crippen molar-refractivity contribution in [3.05, 3.63) is 206 Å². The first-order chi connectivity index (χ1) is 28.8. The summed E-state index contributed by atoms with van der Waals surface area (Å²) in [5.74, 6) is 0. The Hall–Kier alpha value is -5.98. The van der Waals surface area contributed by atoms with Gasteiger partial charge < -0.3 is 0 Å². The number of fused-ring (bicyclic) bond motifs is 6. The first kappa shape index (κ1) is 62.7. The lowest BCUT2D eigenvalue weighted by Crippen LogP contribution is -1.73. The molecule has 0 spiro atoms. The van der Waals surface area contributed by atoms with Gasteiger partial charge in [-0.15, -0.1) is 0 Å². The summed E-state index contributed by atoms with van der Waals surface area (Å²) < 4.78 is 0. The van der Waals surface area contributed by atoms with Crippen LogP contribution in [0.25, 0.3) is 65.3 Å². The van der Waals surface area contributed by atoms with Gasteiger partial charge in [0.25, 0.3) is 0 Å². The van der Waals surface area contributed by atoms with Gasteiger partial charge in [-0.1, -0.05) is 319 Å². The highest BCUT2D eigenvalue weighted by atomic mass is 14.2. The summed E-state index contributed by atoms with van der Waals surface area (Å²) in [4.78, 5) is 0. The molecule has 0 heteroatoms. The highest BCUT2D eigenvalue weighted by Crippen LogP contribution is 2.46. The van der Waals surface area contributed by atoms with Crippen molar-refractivity contribution in [2.45, 2.75) is 113 Å². The van der Waals surface area contributed by atoms with Gasteiger partial charge >= 0.3 is 0 Å². The van der Waals surface area contributed by atoms with Crippen molar-refractivity contribution in [3.8, 4) is 22.3 Å². The number of hydrogen-bond donors (Lipinski definition) is 0. The molecule has 1 aliphatic carbocycles. The zero-order valence-electron chi connectivity index (χ0n) is 37.6. The topological polar surface area (TPSA) is 0 Å². The van der Waals surface area contributed by atoms with E-state index in [4.69, 9.17) is 0 Å². The Bertz CT molecular complexity index is 1960. The first-order valence-corrected chi connectivity index (χ1v) is 21.8. The molecule has 0 saturated heterocycles. The van der Waals surface area contributed by atoms with Crippen LogP contribution < -0.4 is 0 Å². The Morgan fingerprint density at radius 3 is 0.500 bits per heavy atom. The summed E-state index contributed by atoms with van der Waals surface area (Å²) in [6.45, 7) is 24.0. The SMILES string of the molecule is C.C.C.C.CC.CC.CC.CC.CC.CC.c1ccc2c(c1)-c1cccc3cccc-2c13.c1ccc2ccccc2c1.c1ccc2ccccc2c1.c1ccc2ccccc2c1. The molecule has 0 fully saturated rings. The summed E-state index contributed by atoms with van der Waals surface area (Å²) in [7, 11) is 0. The Morgan fingerprint density at radius 2 is 0.306 bits per heavy atom. The maximum atomic E-state index is 2.22. The molecule has 9 aromatic rings. The normalized spacial score (nSPS) is 8.45. The van der Waals surface area contributed by atoms with Crippen molar-refractivity contribution in [1.29, 1.82) is 0 Å². The van der Waals surface area contributed by atoms with Gasteiger partial charge in [0.2, 0.25) is 0 Å². The maximum Gasteiger partial charge on any atom is -0.00264 e. The molecule has 0 saturated carbocycles. The molecule has 0 radical (unpaired) electrons. The van der Waals surface area contributed by atoms with E-state index in [0.29, 0.717) is 0 Å². The molecule has 0 bridgehead atoms. The average molecular weight is 831 g/mol. The highest BCUT2D eigenvalue weighted by molar-refractivity contribution is 6.15. The zero-order chi connectivity index (χ0) is 43.0. The van der Waals surface area contributed by atoms with Crippen LogP contribution in [-0.2, 0) is 0 Å². The molecule has 334 valence electrons. The number of hydrogen-bond acceptors (Lipinski definition) is 0. The molecule has 0 aromatic heterocycles. The van der Waals surface area contributed by atoms with Gasteiger partial charge in [0.1, 0.15) is 0 Å². The Balaban J connectivity index is -0.000000333. The summed E-state index contributed by atoms with van der Waals surface area (Å²) >= 11 is 0. The van der Waals surface area contributed by atoms with E-state index in [2.05, 4.69) is 206 Å². The van der Waals surface area contributed by atoms with Gasteiger partial charge in [-0.3, -0.25) is 0 Å². The van der Waals surface area contributed by atoms with E-state index in [9.17, 15) is 0 Å².